The first-order valence-electron chi connectivity index (χ1n) is 9.47. The maximum Gasteiger partial charge on any atom is 0.410 e. The molecule has 5 nitrogen and oxygen atoms in total. The summed E-state index contributed by atoms with van der Waals surface area (Å²) in [7, 11) is 0. The molecule has 0 saturated carbocycles. The molecule has 1 aliphatic heterocycles. The minimum Gasteiger partial charge on any atom is -0.598 e. The molecular formula is C20H38N2O3S. The van der Waals surface area contributed by atoms with Gasteiger partial charge in [0, 0.05) is 23.4 Å². The molecule has 2 unspecified atom stereocenters. The van der Waals surface area contributed by atoms with Crippen LogP contribution in [0.1, 0.15) is 74.7 Å². The van der Waals surface area contributed by atoms with Crippen LogP contribution < -0.4 is 4.72 Å². The normalized spacial score (nSPS) is 22.8. The molecule has 1 aliphatic rings. The van der Waals surface area contributed by atoms with Crippen molar-refractivity contribution in [2.75, 3.05) is 6.54 Å². The molecule has 3 atom stereocenters. The molecule has 0 aromatic rings. The highest BCUT2D eigenvalue weighted by atomic mass is 32.2. The number of hydrogen-bond acceptors (Lipinski definition) is 4. The van der Waals surface area contributed by atoms with Gasteiger partial charge in [-0.3, -0.25) is 0 Å². The highest BCUT2D eigenvalue weighted by Gasteiger charge is 2.42. The summed E-state index contributed by atoms with van der Waals surface area (Å²) in [6.45, 7) is 20.3. The fourth-order valence-electron chi connectivity index (χ4n) is 3.17. The summed E-state index contributed by atoms with van der Waals surface area (Å²) in [6.07, 6.45) is 4.34. The van der Waals surface area contributed by atoms with Gasteiger partial charge in [-0.05, 0) is 80.6 Å². The van der Waals surface area contributed by atoms with Crippen LogP contribution in [-0.2, 0) is 16.1 Å². The molecule has 1 amide bonds. The zero-order valence-electron chi connectivity index (χ0n) is 17.8. The number of hydrogen-bond donors (Lipinski definition) is 1. The topological polar surface area (TPSA) is 64.6 Å². The Balaban J connectivity index is 2.61. The van der Waals surface area contributed by atoms with E-state index in [9.17, 15) is 9.35 Å². The molecule has 26 heavy (non-hydrogen) atoms. The van der Waals surface area contributed by atoms with E-state index in [1.165, 1.54) is 0 Å². The summed E-state index contributed by atoms with van der Waals surface area (Å²) < 4.78 is 20.7. The van der Waals surface area contributed by atoms with Gasteiger partial charge in [0.1, 0.15) is 10.3 Å². The summed E-state index contributed by atoms with van der Waals surface area (Å²) in [4.78, 5) is 14.4. The van der Waals surface area contributed by atoms with Crippen molar-refractivity contribution in [2.24, 2.45) is 5.92 Å². The zero-order valence-corrected chi connectivity index (χ0v) is 18.7. The molecule has 1 rings (SSSR count). The van der Waals surface area contributed by atoms with Gasteiger partial charge in [-0.2, -0.15) is 0 Å². The summed E-state index contributed by atoms with van der Waals surface area (Å²) in [6, 6.07) is 0.00810. The molecule has 0 aromatic heterocycles. The summed E-state index contributed by atoms with van der Waals surface area (Å²) in [5.41, 5.74) is -0.696. The summed E-state index contributed by atoms with van der Waals surface area (Å²) in [5.74, 6) is 0.407. The van der Waals surface area contributed by atoms with Crippen LogP contribution in [0.3, 0.4) is 0 Å². The average Bonchev–Trinajstić information content (AvgIpc) is 2.75. The Kier molecular flexibility index (Phi) is 7.65. The first-order valence-corrected chi connectivity index (χ1v) is 10.6. The molecule has 1 N–H and O–H groups in total. The van der Waals surface area contributed by atoms with Crippen LogP contribution in [-0.4, -0.2) is 44.0 Å². The molecule has 0 aromatic carbocycles. The van der Waals surface area contributed by atoms with Crippen molar-refractivity contribution in [1.82, 2.24) is 9.62 Å². The number of likely N-dealkylation sites (tertiary alicyclic amines) is 1. The average molecular weight is 387 g/mol. The van der Waals surface area contributed by atoms with Crippen molar-refractivity contribution in [3.8, 4) is 0 Å². The number of nitrogens with one attached hydrogen (secondary N) is 1. The molecule has 0 radical (unpaired) electrons. The minimum atomic E-state index is -1.12. The summed E-state index contributed by atoms with van der Waals surface area (Å²) in [5, 5.41) is 0. The minimum absolute atomic E-state index is 0.00810. The standard InChI is InChI=1S/C20H38N2O3S/c1-10-16(21-26(24)19(5,6)7)12-11-15-13-20(8,9)22(14-15)17(23)25-18(2,3)4/h10,15-16,21H,1,11-14H2,2-9H3/t15-,16?,26?/m0/s1. The number of amides is 1. The number of rotatable bonds is 6. The van der Waals surface area contributed by atoms with Gasteiger partial charge in [-0.25, -0.2) is 4.79 Å². The lowest BCUT2D eigenvalue weighted by atomic mass is 9.92. The van der Waals surface area contributed by atoms with E-state index in [1.54, 1.807) is 0 Å². The van der Waals surface area contributed by atoms with Gasteiger partial charge in [0.25, 0.3) is 0 Å². The highest BCUT2D eigenvalue weighted by molar-refractivity contribution is 7.90. The quantitative estimate of drug-likeness (QED) is 0.542. The van der Waals surface area contributed by atoms with E-state index in [4.69, 9.17) is 4.74 Å². The van der Waals surface area contributed by atoms with E-state index in [-0.39, 0.29) is 22.4 Å². The first kappa shape index (κ1) is 23.3. The van der Waals surface area contributed by atoms with Crippen LogP contribution in [0, 0.1) is 5.92 Å². The predicted molar refractivity (Wildman–Crippen MR) is 109 cm³/mol. The third-order valence-corrected chi connectivity index (χ3v) is 6.19. The van der Waals surface area contributed by atoms with Crippen molar-refractivity contribution >= 4 is 17.5 Å². The van der Waals surface area contributed by atoms with Crippen molar-refractivity contribution in [3.63, 3.8) is 0 Å². The monoisotopic (exact) mass is 386 g/mol. The van der Waals surface area contributed by atoms with Crippen LogP contribution >= 0.6 is 0 Å². The lowest BCUT2D eigenvalue weighted by molar-refractivity contribution is 0.0131. The molecule has 0 bridgehead atoms. The second-order valence-corrected chi connectivity index (χ2v) is 11.9. The number of carbonyl (C=O) groups excluding carboxylic acids is 1. The van der Waals surface area contributed by atoms with Gasteiger partial charge in [-0.1, -0.05) is 6.08 Å². The van der Waals surface area contributed by atoms with E-state index >= 15 is 0 Å². The van der Waals surface area contributed by atoms with Crippen molar-refractivity contribution in [2.45, 2.75) is 96.6 Å². The van der Waals surface area contributed by atoms with Gasteiger partial charge >= 0.3 is 6.09 Å². The zero-order chi connectivity index (χ0) is 20.3. The second-order valence-electron chi connectivity index (χ2n) is 9.89. The maximum atomic E-state index is 12.5. The van der Waals surface area contributed by atoms with E-state index in [2.05, 4.69) is 25.1 Å². The molecule has 1 heterocycles. The lowest BCUT2D eigenvalue weighted by Crippen LogP contribution is -2.45. The number of carbonyl (C=O) groups is 1. The fraction of sp³-hybridized carbons (Fsp3) is 0.850. The Hall–Kier alpha value is -0.720. The molecular weight excluding hydrogens is 348 g/mol. The van der Waals surface area contributed by atoms with Gasteiger partial charge in [0.2, 0.25) is 0 Å². The van der Waals surface area contributed by atoms with E-state index in [0.29, 0.717) is 12.5 Å². The van der Waals surface area contributed by atoms with Crippen LogP contribution in [0.4, 0.5) is 4.79 Å². The van der Waals surface area contributed by atoms with Gasteiger partial charge in [0.05, 0.1) is 6.04 Å². The first-order chi connectivity index (χ1) is 11.7. The SMILES string of the molecule is C=CC(CC[C@@H]1CN(C(=O)OC(C)(C)C)C(C)(C)C1)N[S+]([O-])C(C)(C)C. The van der Waals surface area contributed by atoms with Crippen molar-refractivity contribution in [3.05, 3.63) is 12.7 Å². The van der Waals surface area contributed by atoms with Crippen LogP contribution in [0.2, 0.25) is 0 Å². The van der Waals surface area contributed by atoms with Crippen LogP contribution in [0.25, 0.3) is 0 Å². The van der Waals surface area contributed by atoms with E-state index in [1.807, 2.05) is 52.5 Å². The van der Waals surface area contributed by atoms with Crippen molar-refractivity contribution in [1.29, 1.82) is 0 Å². The Morgan fingerprint density at radius 2 is 1.96 bits per heavy atom. The van der Waals surface area contributed by atoms with Crippen molar-refractivity contribution < 1.29 is 14.1 Å². The second kappa shape index (κ2) is 8.53. The summed E-state index contributed by atoms with van der Waals surface area (Å²) >= 11 is -1.12. The smallest absolute Gasteiger partial charge is 0.410 e. The Bertz CT molecular complexity index is 494. The predicted octanol–water partition coefficient (Wildman–Crippen LogP) is 4.41. The van der Waals surface area contributed by atoms with Gasteiger partial charge in [0.15, 0.2) is 0 Å². The Labute approximate surface area is 163 Å². The van der Waals surface area contributed by atoms with Gasteiger partial charge < -0.3 is 14.2 Å². The largest absolute Gasteiger partial charge is 0.598 e. The van der Waals surface area contributed by atoms with E-state index < -0.39 is 17.0 Å². The van der Waals surface area contributed by atoms with Crippen LogP contribution in [0.5, 0.6) is 0 Å². The third kappa shape index (κ3) is 7.12. The molecule has 1 saturated heterocycles. The number of ether oxygens (including phenoxy) is 1. The Morgan fingerprint density at radius 1 is 1.38 bits per heavy atom. The van der Waals surface area contributed by atoms with E-state index in [0.717, 1.165) is 19.3 Å². The molecule has 152 valence electrons. The van der Waals surface area contributed by atoms with Gasteiger partial charge in [-0.15, -0.1) is 11.3 Å². The molecule has 1 fully saturated rings. The maximum absolute atomic E-state index is 12.5. The highest BCUT2D eigenvalue weighted by Crippen LogP contribution is 2.36. The van der Waals surface area contributed by atoms with Crippen LogP contribution in [0.15, 0.2) is 12.7 Å². The Morgan fingerprint density at radius 3 is 2.42 bits per heavy atom. The third-order valence-electron chi connectivity index (χ3n) is 4.56. The molecule has 0 aliphatic carbocycles. The fourth-order valence-corrected chi connectivity index (χ4v) is 4.02. The lowest BCUT2D eigenvalue weighted by Gasteiger charge is -2.33. The molecule has 0 spiro atoms. The number of nitrogens with zero attached hydrogens (tertiary/aromatic N) is 1. The molecule has 6 heteroatoms.